The molecule has 3 rings (SSSR count). The second kappa shape index (κ2) is 6.17. The molecule has 1 aliphatic heterocycles. The van der Waals surface area contributed by atoms with Gasteiger partial charge in [0.25, 0.3) is 5.91 Å². The van der Waals surface area contributed by atoms with Gasteiger partial charge in [0.15, 0.2) is 5.50 Å². The largest absolute Gasteiger partial charge is 0.357 e. The van der Waals surface area contributed by atoms with E-state index in [1.54, 1.807) is 24.3 Å². The fourth-order valence-electron chi connectivity index (χ4n) is 2.16. The number of anilines is 1. The number of amides is 3. The summed E-state index contributed by atoms with van der Waals surface area (Å²) in [5.41, 5.74) is 0.296. The number of halogens is 1. The lowest BCUT2D eigenvalue weighted by atomic mass is 10.2. The number of nitrogens with zero attached hydrogens (tertiary/aromatic N) is 2. The first-order valence-corrected chi connectivity index (χ1v) is 7.15. The molecule has 6 heteroatoms. The van der Waals surface area contributed by atoms with E-state index in [1.807, 2.05) is 36.4 Å². The minimum atomic E-state index is -1.11. The Hall–Kier alpha value is -2.37. The van der Waals surface area contributed by atoms with Crippen molar-refractivity contribution in [1.82, 2.24) is 5.06 Å². The molecule has 112 valence electrons. The molecule has 0 radical (unpaired) electrons. The van der Waals surface area contributed by atoms with Crippen LogP contribution in [0.1, 0.15) is 5.56 Å². The number of carbonyl (C=O) groups excluding carboxylic acids is 2. The average Bonchev–Trinajstić information content (AvgIpc) is 2.77. The summed E-state index contributed by atoms with van der Waals surface area (Å²) < 4.78 is 0. The van der Waals surface area contributed by atoms with Gasteiger partial charge in [0.2, 0.25) is 0 Å². The fourth-order valence-corrected chi connectivity index (χ4v) is 2.44. The quantitative estimate of drug-likeness (QED) is 0.494. The summed E-state index contributed by atoms with van der Waals surface area (Å²) in [5, 5.41) is 0.720. The molecule has 5 nitrogen and oxygen atoms in total. The first-order chi connectivity index (χ1) is 10.7. The standard InChI is InChI=1S/C16H13ClN2O3/c17-14-15(20)19(22-11-12-7-3-1-4-8-12)16(21)18(14)13-9-5-2-6-10-13/h1-10,14H,11H2. The molecule has 1 saturated heterocycles. The summed E-state index contributed by atoms with van der Waals surface area (Å²) in [6.45, 7) is 0.116. The Morgan fingerprint density at radius 3 is 2.18 bits per heavy atom. The van der Waals surface area contributed by atoms with E-state index in [0.29, 0.717) is 5.69 Å². The van der Waals surface area contributed by atoms with Gasteiger partial charge in [-0.1, -0.05) is 60.1 Å². The topological polar surface area (TPSA) is 49.9 Å². The Labute approximate surface area is 132 Å². The highest BCUT2D eigenvalue weighted by atomic mass is 35.5. The first-order valence-electron chi connectivity index (χ1n) is 6.71. The number of para-hydroxylation sites is 1. The van der Waals surface area contributed by atoms with Gasteiger partial charge in [-0.25, -0.2) is 4.79 Å². The number of carbonyl (C=O) groups is 2. The molecule has 1 aliphatic rings. The first kappa shape index (κ1) is 14.6. The number of alkyl halides is 1. The molecule has 2 aromatic carbocycles. The van der Waals surface area contributed by atoms with Crippen molar-refractivity contribution in [3.8, 4) is 0 Å². The summed E-state index contributed by atoms with van der Waals surface area (Å²) in [6.07, 6.45) is 0. The minimum Gasteiger partial charge on any atom is -0.268 e. The third-order valence-electron chi connectivity index (χ3n) is 3.25. The van der Waals surface area contributed by atoms with Crippen LogP contribution < -0.4 is 4.90 Å². The highest BCUT2D eigenvalue weighted by Crippen LogP contribution is 2.28. The number of hydroxylamine groups is 2. The molecular formula is C16H13ClN2O3. The Bertz CT molecular complexity index is 678. The summed E-state index contributed by atoms with van der Waals surface area (Å²) in [6, 6.07) is 17.5. The fraction of sp³-hybridized carbons (Fsp3) is 0.125. The van der Waals surface area contributed by atoms with Gasteiger partial charge in [0.05, 0.1) is 0 Å². The van der Waals surface area contributed by atoms with E-state index >= 15 is 0 Å². The number of urea groups is 1. The van der Waals surface area contributed by atoms with Crippen LogP contribution in [0.25, 0.3) is 0 Å². The van der Waals surface area contributed by atoms with Gasteiger partial charge >= 0.3 is 6.03 Å². The molecule has 0 aromatic heterocycles. The maximum atomic E-state index is 12.4. The molecule has 2 aromatic rings. The van der Waals surface area contributed by atoms with Crippen molar-refractivity contribution in [3.05, 3.63) is 66.2 Å². The van der Waals surface area contributed by atoms with E-state index in [0.717, 1.165) is 10.6 Å². The van der Waals surface area contributed by atoms with Crippen LogP contribution in [0, 0.1) is 0 Å². The van der Waals surface area contributed by atoms with Crippen molar-refractivity contribution in [2.75, 3.05) is 4.90 Å². The highest BCUT2D eigenvalue weighted by molar-refractivity contribution is 6.38. The summed E-state index contributed by atoms with van der Waals surface area (Å²) in [7, 11) is 0. The molecule has 22 heavy (non-hydrogen) atoms. The lowest BCUT2D eigenvalue weighted by molar-refractivity contribution is -0.165. The van der Waals surface area contributed by atoms with Crippen LogP contribution in [0.3, 0.4) is 0 Å². The third kappa shape index (κ3) is 2.68. The van der Waals surface area contributed by atoms with Crippen LogP contribution in [0.2, 0.25) is 0 Å². The Balaban J connectivity index is 1.76. The zero-order valence-electron chi connectivity index (χ0n) is 11.6. The van der Waals surface area contributed by atoms with Crippen molar-refractivity contribution in [2.45, 2.75) is 12.1 Å². The zero-order valence-corrected chi connectivity index (χ0v) is 12.3. The molecule has 0 aliphatic carbocycles. The van der Waals surface area contributed by atoms with Crippen LogP contribution in [-0.2, 0) is 16.2 Å². The van der Waals surface area contributed by atoms with Gasteiger partial charge in [-0.05, 0) is 17.7 Å². The second-order valence-corrected chi connectivity index (χ2v) is 5.13. The molecule has 1 unspecified atom stereocenters. The molecule has 1 heterocycles. The lowest BCUT2D eigenvalue weighted by Crippen LogP contribution is -2.33. The molecule has 0 bridgehead atoms. The number of hydrogen-bond acceptors (Lipinski definition) is 3. The lowest BCUT2D eigenvalue weighted by Gasteiger charge is -2.17. The van der Waals surface area contributed by atoms with Crippen LogP contribution >= 0.6 is 11.6 Å². The monoisotopic (exact) mass is 316 g/mol. The number of benzene rings is 2. The van der Waals surface area contributed by atoms with Crippen molar-refractivity contribution in [3.63, 3.8) is 0 Å². The van der Waals surface area contributed by atoms with Gasteiger partial charge in [-0.15, -0.1) is 5.06 Å². The summed E-state index contributed by atoms with van der Waals surface area (Å²) in [4.78, 5) is 31.0. The highest BCUT2D eigenvalue weighted by Gasteiger charge is 2.46. The van der Waals surface area contributed by atoms with Crippen LogP contribution in [0.5, 0.6) is 0 Å². The van der Waals surface area contributed by atoms with Crippen molar-refractivity contribution in [2.24, 2.45) is 0 Å². The maximum absolute atomic E-state index is 12.4. The SMILES string of the molecule is O=C1C(Cl)N(c2ccccc2)C(=O)N1OCc1ccccc1. The van der Waals surface area contributed by atoms with E-state index in [9.17, 15) is 9.59 Å². The van der Waals surface area contributed by atoms with E-state index in [2.05, 4.69) is 0 Å². The summed E-state index contributed by atoms with van der Waals surface area (Å²) in [5.74, 6) is -0.591. The molecule has 0 saturated carbocycles. The van der Waals surface area contributed by atoms with Gasteiger partial charge in [-0.2, -0.15) is 0 Å². The van der Waals surface area contributed by atoms with Gasteiger partial charge in [0, 0.05) is 5.69 Å². The predicted octanol–water partition coefficient (Wildman–Crippen LogP) is 3.15. The van der Waals surface area contributed by atoms with E-state index in [1.165, 1.54) is 4.90 Å². The number of imide groups is 1. The van der Waals surface area contributed by atoms with Crippen LogP contribution in [0.4, 0.5) is 10.5 Å². The van der Waals surface area contributed by atoms with E-state index < -0.39 is 17.4 Å². The Morgan fingerprint density at radius 1 is 0.955 bits per heavy atom. The second-order valence-electron chi connectivity index (χ2n) is 4.72. The molecule has 1 fully saturated rings. The normalized spacial score (nSPS) is 18.1. The molecule has 3 amide bonds. The number of hydrogen-bond donors (Lipinski definition) is 0. The maximum Gasteiger partial charge on any atom is 0.357 e. The molecule has 0 N–H and O–H groups in total. The van der Waals surface area contributed by atoms with Crippen molar-refractivity contribution < 1.29 is 14.4 Å². The van der Waals surface area contributed by atoms with Crippen molar-refractivity contribution >= 4 is 29.2 Å². The van der Waals surface area contributed by atoms with Gasteiger partial charge in [-0.3, -0.25) is 14.5 Å². The third-order valence-corrected chi connectivity index (χ3v) is 3.63. The predicted molar refractivity (Wildman–Crippen MR) is 82.0 cm³/mol. The van der Waals surface area contributed by atoms with E-state index in [4.69, 9.17) is 16.4 Å². The minimum absolute atomic E-state index is 0.116. The number of rotatable bonds is 4. The van der Waals surface area contributed by atoms with E-state index in [-0.39, 0.29) is 6.61 Å². The molecular weight excluding hydrogens is 304 g/mol. The smallest absolute Gasteiger partial charge is 0.268 e. The molecule has 0 spiro atoms. The Kier molecular flexibility index (Phi) is 4.09. The van der Waals surface area contributed by atoms with Crippen LogP contribution in [-0.4, -0.2) is 22.5 Å². The van der Waals surface area contributed by atoms with Gasteiger partial charge < -0.3 is 0 Å². The zero-order chi connectivity index (χ0) is 15.5. The Morgan fingerprint density at radius 2 is 1.55 bits per heavy atom. The van der Waals surface area contributed by atoms with Crippen LogP contribution in [0.15, 0.2) is 60.7 Å². The van der Waals surface area contributed by atoms with Crippen molar-refractivity contribution in [1.29, 1.82) is 0 Å². The summed E-state index contributed by atoms with van der Waals surface area (Å²) >= 11 is 6.07. The molecule has 1 atom stereocenters. The van der Waals surface area contributed by atoms with Gasteiger partial charge in [0.1, 0.15) is 6.61 Å². The average molecular weight is 317 g/mol.